The second-order valence-corrected chi connectivity index (χ2v) is 3.63. The predicted octanol–water partition coefficient (Wildman–Crippen LogP) is 0.559. The smallest absolute Gasteiger partial charge is 0.395 e. The maximum absolute atomic E-state index is 11.5. The van der Waals surface area contributed by atoms with Crippen molar-refractivity contribution in [2.75, 3.05) is 19.6 Å². The van der Waals surface area contributed by atoms with Gasteiger partial charge < -0.3 is 15.1 Å². The van der Waals surface area contributed by atoms with Crippen LogP contribution in [-0.4, -0.2) is 30.5 Å². The van der Waals surface area contributed by atoms with E-state index in [1.807, 2.05) is 0 Å². The number of carbonyl (C=O) groups is 1. The van der Waals surface area contributed by atoms with Crippen molar-refractivity contribution in [1.82, 2.24) is 10.6 Å². The van der Waals surface area contributed by atoms with Gasteiger partial charge in [-0.15, -0.1) is 12.4 Å². The molecule has 0 aromatic carbocycles. The van der Waals surface area contributed by atoms with Gasteiger partial charge in [-0.25, -0.2) is 0 Å². The van der Waals surface area contributed by atoms with Gasteiger partial charge in [-0.1, -0.05) is 0 Å². The minimum absolute atomic E-state index is 0. The number of nitro groups is 1. The molecule has 94 valence electrons. The van der Waals surface area contributed by atoms with Crippen LogP contribution in [0.4, 0.5) is 5.88 Å². The minimum Gasteiger partial charge on any atom is -0.395 e. The highest BCUT2D eigenvalue weighted by Gasteiger charge is 2.20. The van der Waals surface area contributed by atoms with Crippen molar-refractivity contribution in [3.8, 4) is 0 Å². The summed E-state index contributed by atoms with van der Waals surface area (Å²) >= 11 is 0. The second kappa shape index (κ2) is 5.65. The third-order valence-electron chi connectivity index (χ3n) is 2.41. The highest BCUT2D eigenvalue weighted by Crippen LogP contribution is 2.15. The van der Waals surface area contributed by atoms with Crippen LogP contribution in [0.15, 0.2) is 16.5 Å². The van der Waals surface area contributed by atoms with Gasteiger partial charge in [-0.3, -0.25) is 14.9 Å². The summed E-state index contributed by atoms with van der Waals surface area (Å²) in [5.41, 5.74) is 0. The van der Waals surface area contributed by atoms with E-state index < -0.39 is 16.7 Å². The minimum atomic E-state index is -0.674. The molecule has 8 heteroatoms. The molecule has 0 saturated carbocycles. The van der Waals surface area contributed by atoms with E-state index >= 15 is 0 Å². The highest BCUT2D eigenvalue weighted by molar-refractivity contribution is 5.91. The largest absolute Gasteiger partial charge is 0.433 e. The first-order chi connectivity index (χ1) is 7.66. The SMILES string of the molecule is Cl.O=C(NCC1CNC1)c1ccc([N+](=O)[O-])o1. The van der Waals surface area contributed by atoms with Crippen LogP contribution in [-0.2, 0) is 0 Å². The van der Waals surface area contributed by atoms with Gasteiger partial charge >= 0.3 is 5.88 Å². The number of carbonyl (C=O) groups excluding carboxylic acids is 1. The number of amides is 1. The lowest BCUT2D eigenvalue weighted by atomic mass is 10.0. The van der Waals surface area contributed by atoms with Gasteiger partial charge in [-0.2, -0.15) is 0 Å². The number of nitrogens with zero attached hydrogens (tertiary/aromatic N) is 1. The average molecular weight is 262 g/mol. The van der Waals surface area contributed by atoms with Gasteiger partial charge in [0.1, 0.15) is 4.92 Å². The molecular formula is C9H12ClN3O4. The Morgan fingerprint density at radius 3 is 2.76 bits per heavy atom. The summed E-state index contributed by atoms with van der Waals surface area (Å²) in [6.07, 6.45) is 0. The molecule has 0 spiro atoms. The fraction of sp³-hybridized carbons (Fsp3) is 0.444. The van der Waals surface area contributed by atoms with Gasteiger partial charge in [0.15, 0.2) is 5.76 Å². The van der Waals surface area contributed by atoms with E-state index in [0.717, 1.165) is 13.1 Å². The van der Waals surface area contributed by atoms with Crippen LogP contribution in [0.1, 0.15) is 10.6 Å². The molecule has 1 aromatic rings. The van der Waals surface area contributed by atoms with Crippen LogP contribution < -0.4 is 10.6 Å². The number of nitrogens with one attached hydrogen (secondary N) is 2. The summed E-state index contributed by atoms with van der Waals surface area (Å²) in [5, 5.41) is 16.1. The summed E-state index contributed by atoms with van der Waals surface area (Å²) in [6.45, 7) is 2.33. The number of hydrogen-bond donors (Lipinski definition) is 2. The van der Waals surface area contributed by atoms with Crippen molar-refractivity contribution in [2.24, 2.45) is 5.92 Å². The molecule has 0 bridgehead atoms. The zero-order chi connectivity index (χ0) is 11.5. The third kappa shape index (κ3) is 3.18. The lowest BCUT2D eigenvalue weighted by Gasteiger charge is -2.26. The molecule has 2 N–H and O–H groups in total. The van der Waals surface area contributed by atoms with Gasteiger partial charge in [0.25, 0.3) is 5.91 Å². The summed E-state index contributed by atoms with van der Waals surface area (Å²) < 4.78 is 4.76. The number of hydrogen-bond acceptors (Lipinski definition) is 5. The molecule has 1 amide bonds. The molecule has 1 aliphatic heterocycles. The van der Waals surface area contributed by atoms with E-state index in [1.54, 1.807) is 0 Å². The molecule has 2 heterocycles. The molecule has 7 nitrogen and oxygen atoms in total. The maximum Gasteiger partial charge on any atom is 0.433 e. The van der Waals surface area contributed by atoms with Crippen LogP contribution in [0.2, 0.25) is 0 Å². The summed E-state index contributed by atoms with van der Waals surface area (Å²) in [7, 11) is 0. The van der Waals surface area contributed by atoms with Crippen molar-refractivity contribution in [3.63, 3.8) is 0 Å². The Balaban J connectivity index is 0.00000144. The molecule has 0 radical (unpaired) electrons. The Bertz CT molecular complexity index is 416. The van der Waals surface area contributed by atoms with Crippen LogP contribution in [0.3, 0.4) is 0 Å². The number of halogens is 1. The van der Waals surface area contributed by atoms with Crippen LogP contribution in [0.25, 0.3) is 0 Å². The van der Waals surface area contributed by atoms with Crippen molar-refractivity contribution in [3.05, 3.63) is 28.0 Å². The van der Waals surface area contributed by atoms with Crippen LogP contribution >= 0.6 is 12.4 Å². The Hall–Kier alpha value is -1.60. The zero-order valence-corrected chi connectivity index (χ0v) is 9.66. The first-order valence-corrected chi connectivity index (χ1v) is 4.90. The van der Waals surface area contributed by atoms with E-state index in [1.165, 1.54) is 12.1 Å². The molecule has 1 aromatic heterocycles. The molecule has 1 fully saturated rings. The van der Waals surface area contributed by atoms with Crippen molar-refractivity contribution in [2.45, 2.75) is 0 Å². The molecule has 0 unspecified atom stereocenters. The summed E-state index contributed by atoms with van der Waals surface area (Å²) in [5.74, 6) is -0.427. The van der Waals surface area contributed by atoms with Gasteiger partial charge in [-0.05, 0) is 6.07 Å². The van der Waals surface area contributed by atoms with Crippen LogP contribution in [0.5, 0.6) is 0 Å². The first-order valence-electron chi connectivity index (χ1n) is 4.90. The Morgan fingerprint density at radius 1 is 1.59 bits per heavy atom. The lowest BCUT2D eigenvalue weighted by molar-refractivity contribution is -0.402. The van der Waals surface area contributed by atoms with E-state index in [2.05, 4.69) is 10.6 Å². The second-order valence-electron chi connectivity index (χ2n) is 3.63. The fourth-order valence-corrected chi connectivity index (χ4v) is 1.36. The monoisotopic (exact) mass is 261 g/mol. The number of furan rings is 1. The topological polar surface area (TPSA) is 97.4 Å². The predicted molar refractivity (Wildman–Crippen MR) is 61.3 cm³/mol. The summed E-state index contributed by atoms with van der Waals surface area (Å²) in [4.78, 5) is 21.1. The van der Waals surface area contributed by atoms with Gasteiger partial charge in [0.05, 0.1) is 6.07 Å². The maximum atomic E-state index is 11.5. The molecule has 2 rings (SSSR count). The van der Waals surface area contributed by atoms with Crippen molar-refractivity contribution < 1.29 is 14.1 Å². The van der Waals surface area contributed by atoms with Crippen LogP contribution in [0, 0.1) is 16.0 Å². The molecule has 0 aliphatic carbocycles. The summed E-state index contributed by atoms with van der Waals surface area (Å²) in [6, 6.07) is 2.46. The Labute approximate surface area is 103 Å². The fourth-order valence-electron chi connectivity index (χ4n) is 1.36. The Kier molecular flexibility index (Phi) is 4.47. The Morgan fingerprint density at radius 2 is 2.29 bits per heavy atom. The van der Waals surface area contributed by atoms with Crippen molar-refractivity contribution in [1.29, 1.82) is 0 Å². The average Bonchev–Trinajstić information content (AvgIpc) is 2.63. The van der Waals surface area contributed by atoms with E-state index in [0.29, 0.717) is 12.5 Å². The number of rotatable bonds is 4. The molecule has 1 saturated heterocycles. The third-order valence-corrected chi connectivity index (χ3v) is 2.41. The van der Waals surface area contributed by atoms with Crippen molar-refractivity contribution >= 4 is 24.2 Å². The van der Waals surface area contributed by atoms with E-state index in [9.17, 15) is 14.9 Å². The molecule has 17 heavy (non-hydrogen) atoms. The zero-order valence-electron chi connectivity index (χ0n) is 8.84. The quantitative estimate of drug-likeness (QED) is 0.610. The molecule has 1 aliphatic rings. The van der Waals surface area contributed by atoms with Gasteiger partial charge in [0, 0.05) is 25.6 Å². The molecule has 0 atom stereocenters. The molecular weight excluding hydrogens is 250 g/mol. The standard InChI is InChI=1S/C9H11N3O4.ClH/c13-9(11-5-6-3-10-4-6)7-1-2-8(16-7)12(14)15;/h1-2,6,10H,3-5H2,(H,11,13);1H. The normalized spacial score (nSPS) is 14.6. The van der Waals surface area contributed by atoms with Gasteiger partial charge in [0.2, 0.25) is 0 Å². The van der Waals surface area contributed by atoms with E-state index in [4.69, 9.17) is 4.42 Å². The highest BCUT2D eigenvalue weighted by atomic mass is 35.5. The first kappa shape index (κ1) is 13.5. The lowest BCUT2D eigenvalue weighted by Crippen LogP contribution is -2.48. The van der Waals surface area contributed by atoms with E-state index in [-0.39, 0.29) is 18.2 Å².